The molecule has 1 unspecified atom stereocenters. The molecule has 0 aromatic heterocycles. The molecule has 1 atom stereocenters. The summed E-state index contributed by atoms with van der Waals surface area (Å²) in [5, 5.41) is 4.04. The Morgan fingerprint density at radius 3 is 2.56 bits per heavy atom. The van der Waals surface area contributed by atoms with Crippen LogP contribution in [0.15, 0.2) is 24.3 Å². The van der Waals surface area contributed by atoms with Crippen LogP contribution in [0.25, 0.3) is 6.08 Å². The number of hydrogen-bond donors (Lipinski definition) is 1. The van der Waals surface area contributed by atoms with Crippen molar-refractivity contribution in [1.82, 2.24) is 5.32 Å². The number of amides is 1. The second-order valence-corrected chi connectivity index (χ2v) is 5.38. The molecule has 4 heteroatoms. The quantitative estimate of drug-likeness (QED) is 0.827. The first kappa shape index (κ1) is 15.1. The van der Waals surface area contributed by atoms with Crippen molar-refractivity contribution in [2.75, 3.05) is 0 Å². The van der Waals surface area contributed by atoms with Crippen molar-refractivity contribution in [2.24, 2.45) is 5.92 Å². The maximum atomic E-state index is 11.7. The molecule has 1 amide bonds. The van der Waals surface area contributed by atoms with Gasteiger partial charge >= 0.3 is 0 Å². The van der Waals surface area contributed by atoms with Gasteiger partial charge in [-0.25, -0.2) is 0 Å². The van der Waals surface area contributed by atoms with E-state index in [1.165, 1.54) is 6.08 Å². The molecular weight excluding hydrogens is 269 g/mol. The molecule has 0 aliphatic rings. The topological polar surface area (TPSA) is 29.1 Å². The molecule has 0 aliphatic carbocycles. The van der Waals surface area contributed by atoms with Crippen LogP contribution in [-0.2, 0) is 4.79 Å². The molecule has 1 rings (SSSR count). The summed E-state index contributed by atoms with van der Waals surface area (Å²) < 4.78 is 0. The summed E-state index contributed by atoms with van der Waals surface area (Å²) in [6, 6.07) is 5.27. The van der Waals surface area contributed by atoms with Gasteiger partial charge in [0.25, 0.3) is 0 Å². The fourth-order valence-electron chi connectivity index (χ4n) is 1.25. The van der Waals surface area contributed by atoms with Crippen LogP contribution in [0.4, 0.5) is 0 Å². The average molecular weight is 286 g/mol. The molecular formula is C14H17Cl2NO. The normalized spacial score (nSPS) is 13.0. The Morgan fingerprint density at radius 1 is 1.28 bits per heavy atom. The molecule has 0 spiro atoms. The average Bonchev–Trinajstić information content (AvgIpc) is 2.30. The van der Waals surface area contributed by atoms with Gasteiger partial charge in [-0.1, -0.05) is 37.0 Å². The van der Waals surface area contributed by atoms with Gasteiger partial charge < -0.3 is 5.32 Å². The third-order valence-corrected chi connectivity index (χ3v) is 3.32. The van der Waals surface area contributed by atoms with Crippen molar-refractivity contribution >= 4 is 35.2 Å². The highest BCUT2D eigenvalue weighted by Crippen LogP contribution is 2.21. The Balaban J connectivity index is 2.69. The SMILES string of the molecule is CC(C)C(C)NC(=O)/C=C/c1cc(Cl)ccc1Cl. The third kappa shape index (κ3) is 4.71. The Kier molecular flexibility index (Phi) is 5.70. The van der Waals surface area contributed by atoms with Crippen molar-refractivity contribution in [1.29, 1.82) is 0 Å². The number of carbonyl (C=O) groups excluding carboxylic acids is 1. The largest absolute Gasteiger partial charge is 0.350 e. The zero-order chi connectivity index (χ0) is 13.7. The van der Waals surface area contributed by atoms with E-state index in [-0.39, 0.29) is 11.9 Å². The maximum Gasteiger partial charge on any atom is 0.244 e. The van der Waals surface area contributed by atoms with E-state index in [4.69, 9.17) is 23.2 Å². The van der Waals surface area contributed by atoms with Crippen LogP contribution in [0.2, 0.25) is 10.0 Å². The Labute approximate surface area is 118 Å². The van der Waals surface area contributed by atoms with E-state index in [0.717, 1.165) is 5.56 Å². The van der Waals surface area contributed by atoms with E-state index >= 15 is 0 Å². The van der Waals surface area contributed by atoms with Crippen LogP contribution >= 0.6 is 23.2 Å². The molecule has 0 saturated heterocycles. The number of nitrogens with one attached hydrogen (secondary N) is 1. The first-order valence-electron chi connectivity index (χ1n) is 5.83. The van der Waals surface area contributed by atoms with Gasteiger partial charge in [-0.05, 0) is 42.7 Å². The summed E-state index contributed by atoms with van der Waals surface area (Å²) in [7, 11) is 0. The van der Waals surface area contributed by atoms with Crippen molar-refractivity contribution in [3.05, 3.63) is 39.9 Å². The molecule has 2 nitrogen and oxygen atoms in total. The number of rotatable bonds is 4. The lowest BCUT2D eigenvalue weighted by Gasteiger charge is -2.15. The highest BCUT2D eigenvalue weighted by molar-refractivity contribution is 6.34. The molecule has 0 bridgehead atoms. The predicted octanol–water partition coefficient (Wildman–Crippen LogP) is 4.17. The van der Waals surface area contributed by atoms with Crippen LogP contribution in [0.5, 0.6) is 0 Å². The van der Waals surface area contributed by atoms with Gasteiger partial charge in [0.05, 0.1) is 0 Å². The van der Waals surface area contributed by atoms with Crippen LogP contribution in [0, 0.1) is 5.92 Å². The Bertz CT molecular complexity index is 455. The highest BCUT2D eigenvalue weighted by atomic mass is 35.5. The molecule has 0 fully saturated rings. The van der Waals surface area contributed by atoms with Crippen molar-refractivity contribution in [2.45, 2.75) is 26.8 Å². The summed E-state index contributed by atoms with van der Waals surface area (Å²) in [6.45, 7) is 6.09. The minimum Gasteiger partial charge on any atom is -0.350 e. The van der Waals surface area contributed by atoms with Crippen LogP contribution < -0.4 is 5.32 Å². The van der Waals surface area contributed by atoms with Gasteiger partial charge in [-0.2, -0.15) is 0 Å². The number of hydrogen-bond acceptors (Lipinski definition) is 1. The summed E-state index contributed by atoms with van der Waals surface area (Å²) in [5.74, 6) is 0.268. The minimum absolute atomic E-state index is 0.132. The number of benzene rings is 1. The summed E-state index contributed by atoms with van der Waals surface area (Å²) in [5.41, 5.74) is 0.733. The molecule has 0 radical (unpaired) electrons. The van der Waals surface area contributed by atoms with Gasteiger partial charge in [0.15, 0.2) is 0 Å². The van der Waals surface area contributed by atoms with Crippen LogP contribution in [0.1, 0.15) is 26.3 Å². The summed E-state index contributed by atoms with van der Waals surface area (Å²) >= 11 is 11.9. The molecule has 1 aromatic rings. The maximum absolute atomic E-state index is 11.7. The van der Waals surface area contributed by atoms with E-state index < -0.39 is 0 Å². The standard InChI is InChI=1S/C14H17Cl2NO/c1-9(2)10(3)17-14(18)7-4-11-8-12(15)5-6-13(11)16/h4-10H,1-3H3,(H,17,18)/b7-4+. The van der Waals surface area contributed by atoms with E-state index in [1.54, 1.807) is 24.3 Å². The van der Waals surface area contributed by atoms with Gasteiger partial charge in [0.2, 0.25) is 5.91 Å². The van der Waals surface area contributed by atoms with E-state index in [2.05, 4.69) is 19.2 Å². The van der Waals surface area contributed by atoms with Gasteiger partial charge in [-0.15, -0.1) is 0 Å². The first-order chi connectivity index (χ1) is 8.40. The molecule has 0 aliphatic heterocycles. The minimum atomic E-state index is -0.132. The summed E-state index contributed by atoms with van der Waals surface area (Å²) in [4.78, 5) is 11.7. The van der Waals surface area contributed by atoms with Crippen molar-refractivity contribution in [3.63, 3.8) is 0 Å². The predicted molar refractivity (Wildman–Crippen MR) is 77.9 cm³/mol. The Hall–Kier alpha value is -0.990. The Morgan fingerprint density at radius 2 is 1.94 bits per heavy atom. The second-order valence-electron chi connectivity index (χ2n) is 4.54. The zero-order valence-electron chi connectivity index (χ0n) is 10.7. The molecule has 98 valence electrons. The van der Waals surface area contributed by atoms with E-state index in [1.807, 2.05) is 6.92 Å². The lowest BCUT2D eigenvalue weighted by molar-refractivity contribution is -0.117. The smallest absolute Gasteiger partial charge is 0.244 e. The number of halogens is 2. The molecule has 0 saturated carbocycles. The van der Waals surface area contributed by atoms with E-state index in [9.17, 15) is 4.79 Å². The molecule has 18 heavy (non-hydrogen) atoms. The highest BCUT2D eigenvalue weighted by Gasteiger charge is 2.08. The molecule has 1 aromatic carbocycles. The molecule has 0 heterocycles. The second kappa shape index (κ2) is 6.81. The van der Waals surface area contributed by atoms with Crippen molar-refractivity contribution < 1.29 is 4.79 Å². The zero-order valence-corrected chi connectivity index (χ0v) is 12.2. The first-order valence-corrected chi connectivity index (χ1v) is 6.59. The van der Waals surface area contributed by atoms with Crippen LogP contribution in [0.3, 0.4) is 0 Å². The van der Waals surface area contributed by atoms with Gasteiger partial charge in [-0.3, -0.25) is 4.79 Å². The van der Waals surface area contributed by atoms with Crippen molar-refractivity contribution in [3.8, 4) is 0 Å². The lowest BCUT2D eigenvalue weighted by Crippen LogP contribution is -2.34. The van der Waals surface area contributed by atoms with E-state index in [0.29, 0.717) is 16.0 Å². The van der Waals surface area contributed by atoms with Gasteiger partial charge in [0, 0.05) is 22.2 Å². The van der Waals surface area contributed by atoms with Crippen LogP contribution in [-0.4, -0.2) is 11.9 Å². The lowest BCUT2D eigenvalue weighted by atomic mass is 10.1. The fourth-order valence-corrected chi connectivity index (χ4v) is 1.61. The summed E-state index contributed by atoms with van der Waals surface area (Å²) in [6.07, 6.45) is 3.13. The monoisotopic (exact) mass is 285 g/mol. The van der Waals surface area contributed by atoms with Gasteiger partial charge in [0.1, 0.15) is 0 Å². The fraction of sp³-hybridized carbons (Fsp3) is 0.357. The third-order valence-electron chi connectivity index (χ3n) is 2.74. The number of carbonyl (C=O) groups is 1. The molecule has 1 N–H and O–H groups in total.